The number of nitrogens with zero attached hydrogens (tertiary/aromatic N) is 2. The van der Waals surface area contributed by atoms with Crippen molar-refractivity contribution in [2.45, 2.75) is 19.3 Å². The number of carbonyl (C=O) groups is 1. The second kappa shape index (κ2) is 5.56. The smallest absolute Gasteiger partial charge is 0.276 e. The summed E-state index contributed by atoms with van der Waals surface area (Å²) in [6, 6.07) is 7.82. The molecule has 1 saturated carbocycles. The summed E-state index contributed by atoms with van der Waals surface area (Å²) in [5.74, 6) is 0.996. The number of rotatable bonds is 3. The van der Waals surface area contributed by atoms with Crippen molar-refractivity contribution < 1.29 is 13.9 Å². The van der Waals surface area contributed by atoms with Gasteiger partial charge in [-0.05, 0) is 54.7 Å². The van der Waals surface area contributed by atoms with Crippen molar-refractivity contribution in [2.75, 3.05) is 7.11 Å². The molecule has 0 spiro atoms. The van der Waals surface area contributed by atoms with E-state index in [0.717, 1.165) is 23.3 Å². The Morgan fingerprint density at radius 3 is 3.00 bits per heavy atom. The molecule has 6 heteroatoms. The van der Waals surface area contributed by atoms with E-state index in [1.165, 1.54) is 4.57 Å². The first-order valence-corrected chi connectivity index (χ1v) is 8.15. The molecular weight excluding hydrogens is 324 g/mol. The summed E-state index contributed by atoms with van der Waals surface area (Å²) < 4.78 is 12.3. The van der Waals surface area contributed by atoms with Crippen LogP contribution in [0, 0.1) is 17.7 Å². The first kappa shape index (κ1) is 15.1. The number of methoxy groups -OCH3 is 1. The predicted molar refractivity (Wildman–Crippen MR) is 92.0 cm³/mol. The topological polar surface area (TPSA) is 57.3 Å². The van der Waals surface area contributed by atoms with Crippen LogP contribution in [0.3, 0.4) is 0 Å². The Kier molecular flexibility index (Phi) is 3.49. The fourth-order valence-electron chi connectivity index (χ4n) is 3.22. The van der Waals surface area contributed by atoms with E-state index in [9.17, 15) is 4.79 Å². The molecule has 0 N–H and O–H groups in total. The van der Waals surface area contributed by atoms with Gasteiger partial charge < -0.3 is 9.15 Å². The average molecular weight is 340 g/mol. The van der Waals surface area contributed by atoms with Crippen molar-refractivity contribution in [3.8, 4) is 5.75 Å². The van der Waals surface area contributed by atoms with Crippen LogP contribution in [-0.4, -0.2) is 22.6 Å². The molecule has 0 aliphatic heterocycles. The van der Waals surface area contributed by atoms with Crippen LogP contribution in [0.25, 0.3) is 11.1 Å². The third-order valence-corrected chi connectivity index (χ3v) is 4.82. The highest BCUT2D eigenvalue weighted by Crippen LogP contribution is 2.49. The predicted octanol–water partition coefficient (Wildman–Crippen LogP) is 4.12. The lowest BCUT2D eigenvalue weighted by molar-refractivity contribution is 0.0883. The number of ether oxygens (including phenoxy) is 1. The van der Waals surface area contributed by atoms with Crippen molar-refractivity contribution in [2.24, 2.45) is 5.92 Å². The minimum Gasteiger partial charge on any atom is -0.496 e. The van der Waals surface area contributed by atoms with Gasteiger partial charge in [-0.1, -0.05) is 12.1 Å². The van der Waals surface area contributed by atoms with Crippen LogP contribution < -0.4 is 4.74 Å². The van der Waals surface area contributed by atoms with Crippen LogP contribution >= 0.6 is 12.2 Å². The van der Waals surface area contributed by atoms with Gasteiger partial charge in [-0.2, -0.15) is 0 Å². The van der Waals surface area contributed by atoms with Crippen molar-refractivity contribution in [1.82, 2.24) is 9.55 Å². The minimum absolute atomic E-state index is 0.0107. The average Bonchev–Trinajstić information content (AvgIpc) is 3.30. The fraction of sp³-hybridized carbons (Fsp3) is 0.278. The Morgan fingerprint density at radius 2 is 2.25 bits per heavy atom. The van der Waals surface area contributed by atoms with Gasteiger partial charge in [0.05, 0.1) is 18.8 Å². The summed E-state index contributed by atoms with van der Waals surface area (Å²) in [5, 5.41) is 0. The van der Waals surface area contributed by atoms with E-state index < -0.39 is 0 Å². The second-order valence-corrected chi connectivity index (χ2v) is 6.41. The van der Waals surface area contributed by atoms with Crippen molar-refractivity contribution >= 4 is 29.2 Å². The Bertz CT molecular complexity index is 1000. The van der Waals surface area contributed by atoms with Gasteiger partial charge in [-0.3, -0.25) is 9.78 Å². The van der Waals surface area contributed by atoms with Gasteiger partial charge in [-0.25, -0.2) is 4.57 Å². The number of hydrogen-bond acceptors (Lipinski definition) is 5. The van der Waals surface area contributed by atoms with Crippen LogP contribution in [0.2, 0.25) is 0 Å². The molecular formula is C18H16N2O3S. The van der Waals surface area contributed by atoms with E-state index >= 15 is 0 Å². The molecule has 2 unspecified atom stereocenters. The zero-order valence-corrected chi connectivity index (χ0v) is 14.2. The highest BCUT2D eigenvalue weighted by Gasteiger charge is 2.45. The van der Waals surface area contributed by atoms with Gasteiger partial charge >= 0.3 is 0 Å². The monoisotopic (exact) mass is 340 g/mol. The standard InChI is InChI=1S/C18H16N2O3S/c1-10-7-11(3-4-15(10)22-2)12-8-13(12)17(21)20-14-5-6-19-9-16(14)23-18(20)24/h3-7,9,12-13H,8H2,1-2H3. The van der Waals surface area contributed by atoms with E-state index in [2.05, 4.69) is 11.1 Å². The first-order valence-electron chi connectivity index (χ1n) is 7.74. The molecule has 0 amide bonds. The maximum atomic E-state index is 12.9. The van der Waals surface area contributed by atoms with Crippen molar-refractivity contribution in [3.63, 3.8) is 0 Å². The maximum Gasteiger partial charge on any atom is 0.276 e. The Morgan fingerprint density at radius 1 is 1.42 bits per heavy atom. The zero-order valence-electron chi connectivity index (χ0n) is 13.4. The molecule has 2 atom stereocenters. The number of aryl methyl sites for hydroxylation is 1. The van der Waals surface area contributed by atoms with Crippen LogP contribution in [0.5, 0.6) is 5.75 Å². The lowest BCUT2D eigenvalue weighted by atomic mass is 10.1. The van der Waals surface area contributed by atoms with Crippen molar-refractivity contribution in [1.29, 1.82) is 0 Å². The van der Waals surface area contributed by atoms with Crippen LogP contribution in [-0.2, 0) is 0 Å². The van der Waals surface area contributed by atoms with E-state index in [0.29, 0.717) is 11.1 Å². The van der Waals surface area contributed by atoms with E-state index in [4.69, 9.17) is 21.4 Å². The van der Waals surface area contributed by atoms with Crippen molar-refractivity contribution in [3.05, 3.63) is 52.6 Å². The van der Waals surface area contributed by atoms with Gasteiger partial charge in [0.1, 0.15) is 5.75 Å². The molecule has 0 saturated heterocycles. The highest BCUT2D eigenvalue weighted by molar-refractivity contribution is 7.71. The second-order valence-electron chi connectivity index (χ2n) is 6.06. The van der Waals surface area contributed by atoms with Gasteiger partial charge in [-0.15, -0.1) is 0 Å². The summed E-state index contributed by atoms with van der Waals surface area (Å²) in [6.07, 6.45) is 4.03. The number of aromatic nitrogens is 2. The number of benzene rings is 1. The molecule has 1 fully saturated rings. The van der Waals surface area contributed by atoms with Gasteiger partial charge in [0, 0.05) is 12.1 Å². The minimum atomic E-state index is -0.0709. The van der Waals surface area contributed by atoms with Gasteiger partial charge in [0.15, 0.2) is 5.58 Å². The lowest BCUT2D eigenvalue weighted by Crippen LogP contribution is -2.13. The number of pyridine rings is 1. The molecule has 1 aliphatic carbocycles. The summed E-state index contributed by atoms with van der Waals surface area (Å²) in [5.41, 5.74) is 3.45. The molecule has 3 aromatic rings. The Labute approximate surface area is 143 Å². The Balaban J connectivity index is 1.64. The van der Waals surface area contributed by atoms with E-state index in [-0.39, 0.29) is 22.6 Å². The van der Waals surface area contributed by atoms with Crippen LogP contribution in [0.1, 0.15) is 28.3 Å². The van der Waals surface area contributed by atoms with E-state index in [1.807, 2.05) is 19.1 Å². The molecule has 0 radical (unpaired) electrons. The summed E-state index contributed by atoms with van der Waals surface area (Å²) >= 11 is 5.22. The summed E-state index contributed by atoms with van der Waals surface area (Å²) in [4.78, 5) is 17.1. The lowest BCUT2D eigenvalue weighted by Gasteiger charge is -2.07. The van der Waals surface area contributed by atoms with Crippen LogP contribution in [0.15, 0.2) is 41.1 Å². The Hall–Kier alpha value is -2.47. The number of fused-ring (bicyclic) bond motifs is 1. The molecule has 2 aromatic heterocycles. The largest absolute Gasteiger partial charge is 0.496 e. The SMILES string of the molecule is COc1ccc(C2CC2C(=O)n2c(=S)oc3cnccc32)cc1C. The van der Waals surface area contributed by atoms with Crippen LogP contribution in [0.4, 0.5) is 0 Å². The van der Waals surface area contributed by atoms with E-state index in [1.54, 1.807) is 25.6 Å². The van der Waals surface area contributed by atoms with Gasteiger partial charge in [0.25, 0.3) is 4.84 Å². The summed E-state index contributed by atoms with van der Waals surface area (Å²) in [6.45, 7) is 2.01. The quantitative estimate of drug-likeness (QED) is 0.671. The molecule has 1 aliphatic rings. The summed E-state index contributed by atoms with van der Waals surface area (Å²) in [7, 11) is 1.66. The normalized spacial score (nSPS) is 19.4. The third kappa shape index (κ3) is 2.34. The molecule has 2 heterocycles. The zero-order chi connectivity index (χ0) is 16.8. The third-order valence-electron chi connectivity index (χ3n) is 4.56. The number of oxazole rings is 1. The number of hydrogen-bond donors (Lipinski definition) is 0. The highest BCUT2D eigenvalue weighted by atomic mass is 32.1. The molecule has 24 heavy (non-hydrogen) atoms. The number of carbonyl (C=O) groups excluding carboxylic acids is 1. The first-order chi connectivity index (χ1) is 11.6. The maximum absolute atomic E-state index is 12.9. The molecule has 5 nitrogen and oxygen atoms in total. The molecule has 1 aromatic carbocycles. The molecule has 4 rings (SSSR count). The molecule has 122 valence electrons. The molecule has 0 bridgehead atoms. The fourth-order valence-corrected chi connectivity index (χ4v) is 3.50. The van der Waals surface area contributed by atoms with Gasteiger partial charge in [0.2, 0.25) is 5.91 Å².